The number of rotatable bonds is 6. The maximum atomic E-state index is 13.3. The summed E-state index contributed by atoms with van der Waals surface area (Å²) in [5.74, 6) is -1.13. The van der Waals surface area contributed by atoms with Gasteiger partial charge in [-0.3, -0.25) is 9.10 Å². The van der Waals surface area contributed by atoms with Crippen LogP contribution in [-0.2, 0) is 14.8 Å². The van der Waals surface area contributed by atoms with Gasteiger partial charge in [0.2, 0.25) is 15.9 Å². The van der Waals surface area contributed by atoms with Crippen molar-refractivity contribution in [1.82, 2.24) is 0 Å². The van der Waals surface area contributed by atoms with E-state index in [-0.39, 0.29) is 11.4 Å². The minimum atomic E-state index is -3.72. The number of carbonyl (C=O) groups is 1. The summed E-state index contributed by atoms with van der Waals surface area (Å²) in [5, 5.41) is 2.48. The molecular formula is C19H22ClFN2O3S. The van der Waals surface area contributed by atoms with Crippen molar-refractivity contribution in [1.29, 1.82) is 0 Å². The lowest BCUT2D eigenvalue weighted by atomic mass is 10.1. The third-order valence-corrected chi connectivity index (χ3v) is 5.73. The van der Waals surface area contributed by atoms with Gasteiger partial charge in [0, 0.05) is 5.69 Å². The van der Waals surface area contributed by atoms with Crippen molar-refractivity contribution in [3.8, 4) is 0 Å². The predicted octanol–water partition coefficient (Wildman–Crippen LogP) is 4.28. The van der Waals surface area contributed by atoms with Crippen molar-refractivity contribution in [2.75, 3.05) is 15.9 Å². The SMILES string of the molecule is CCC(C(=O)Nc1ccc(F)c(Cl)c1)N(c1ccc(C)c(C)c1)S(C)(=O)=O. The van der Waals surface area contributed by atoms with Gasteiger partial charge in [-0.2, -0.15) is 0 Å². The highest BCUT2D eigenvalue weighted by Gasteiger charge is 2.31. The highest BCUT2D eigenvalue weighted by molar-refractivity contribution is 7.92. The Kier molecular flexibility index (Phi) is 6.49. The Balaban J connectivity index is 2.40. The number of hydrogen-bond acceptors (Lipinski definition) is 3. The monoisotopic (exact) mass is 412 g/mol. The van der Waals surface area contributed by atoms with Crippen molar-refractivity contribution in [3.63, 3.8) is 0 Å². The van der Waals surface area contributed by atoms with E-state index in [1.807, 2.05) is 19.9 Å². The summed E-state index contributed by atoms with van der Waals surface area (Å²) in [5.41, 5.74) is 2.64. The summed E-state index contributed by atoms with van der Waals surface area (Å²) in [7, 11) is -3.72. The standard InChI is InChI=1S/C19H22ClFN2O3S/c1-5-18(19(24)22-14-7-9-17(21)16(20)11-14)23(27(4,25)26)15-8-6-12(2)13(3)10-15/h6-11,18H,5H2,1-4H3,(H,22,24). The fraction of sp³-hybridized carbons (Fsp3) is 0.316. The normalized spacial score (nSPS) is 12.5. The topological polar surface area (TPSA) is 66.5 Å². The summed E-state index contributed by atoms with van der Waals surface area (Å²) >= 11 is 5.74. The molecule has 2 rings (SSSR count). The lowest BCUT2D eigenvalue weighted by Gasteiger charge is -2.30. The molecule has 2 aromatic rings. The fourth-order valence-electron chi connectivity index (χ4n) is 2.72. The first kappa shape index (κ1) is 21.2. The molecule has 1 N–H and O–H groups in total. The Morgan fingerprint density at radius 3 is 2.37 bits per heavy atom. The van der Waals surface area contributed by atoms with E-state index in [1.165, 1.54) is 12.1 Å². The van der Waals surface area contributed by atoms with E-state index >= 15 is 0 Å². The molecule has 0 fully saturated rings. The van der Waals surface area contributed by atoms with Crippen LogP contribution in [0.15, 0.2) is 36.4 Å². The van der Waals surface area contributed by atoms with Gasteiger partial charge in [-0.05, 0) is 61.7 Å². The summed E-state index contributed by atoms with van der Waals surface area (Å²) in [6.45, 7) is 5.52. The van der Waals surface area contributed by atoms with E-state index in [1.54, 1.807) is 19.1 Å². The Morgan fingerprint density at radius 2 is 1.85 bits per heavy atom. The molecule has 0 saturated carbocycles. The molecule has 1 atom stereocenters. The summed E-state index contributed by atoms with van der Waals surface area (Å²) < 4.78 is 39.3. The minimum Gasteiger partial charge on any atom is -0.324 e. The highest BCUT2D eigenvalue weighted by Crippen LogP contribution is 2.26. The molecule has 0 aromatic heterocycles. The van der Waals surface area contributed by atoms with Crippen LogP contribution in [0.4, 0.5) is 15.8 Å². The molecule has 2 aromatic carbocycles. The average molecular weight is 413 g/mol. The molecule has 146 valence electrons. The van der Waals surface area contributed by atoms with Crippen molar-refractivity contribution in [2.24, 2.45) is 0 Å². The number of benzene rings is 2. The smallest absolute Gasteiger partial charge is 0.248 e. The second-order valence-corrected chi connectivity index (χ2v) is 8.64. The van der Waals surface area contributed by atoms with E-state index in [9.17, 15) is 17.6 Å². The maximum absolute atomic E-state index is 13.3. The van der Waals surface area contributed by atoms with Crippen LogP contribution in [-0.4, -0.2) is 26.6 Å². The van der Waals surface area contributed by atoms with E-state index in [0.29, 0.717) is 11.4 Å². The van der Waals surface area contributed by atoms with Crippen molar-refractivity contribution < 1.29 is 17.6 Å². The van der Waals surface area contributed by atoms with Gasteiger partial charge in [0.25, 0.3) is 0 Å². The van der Waals surface area contributed by atoms with E-state index in [2.05, 4.69) is 5.32 Å². The van der Waals surface area contributed by atoms with Gasteiger partial charge in [-0.1, -0.05) is 24.6 Å². The largest absolute Gasteiger partial charge is 0.324 e. The number of carbonyl (C=O) groups excluding carboxylic acids is 1. The number of hydrogen-bond donors (Lipinski definition) is 1. The van der Waals surface area contributed by atoms with E-state index in [4.69, 9.17) is 11.6 Å². The number of aryl methyl sites for hydroxylation is 2. The minimum absolute atomic E-state index is 0.130. The van der Waals surface area contributed by atoms with Crippen LogP contribution in [0, 0.1) is 19.7 Å². The van der Waals surface area contributed by atoms with Crippen LogP contribution in [0.1, 0.15) is 24.5 Å². The van der Waals surface area contributed by atoms with Crippen LogP contribution >= 0.6 is 11.6 Å². The number of nitrogens with zero attached hydrogens (tertiary/aromatic N) is 1. The van der Waals surface area contributed by atoms with Crippen LogP contribution in [0.3, 0.4) is 0 Å². The average Bonchev–Trinajstić information content (AvgIpc) is 2.57. The van der Waals surface area contributed by atoms with Gasteiger partial charge in [-0.25, -0.2) is 12.8 Å². The van der Waals surface area contributed by atoms with Crippen molar-refractivity contribution >= 4 is 38.9 Å². The molecule has 0 radical (unpaired) electrons. The molecule has 27 heavy (non-hydrogen) atoms. The number of halogens is 2. The Morgan fingerprint density at radius 1 is 1.19 bits per heavy atom. The summed E-state index contributed by atoms with van der Waals surface area (Å²) in [4.78, 5) is 12.8. The molecule has 1 amide bonds. The molecule has 5 nitrogen and oxygen atoms in total. The first-order chi connectivity index (χ1) is 12.5. The molecule has 0 spiro atoms. The highest BCUT2D eigenvalue weighted by atomic mass is 35.5. The maximum Gasteiger partial charge on any atom is 0.248 e. The van der Waals surface area contributed by atoms with Gasteiger partial charge in [0.15, 0.2) is 0 Å². The Hall–Kier alpha value is -2.12. The van der Waals surface area contributed by atoms with Crippen molar-refractivity contribution in [3.05, 3.63) is 58.4 Å². The van der Waals surface area contributed by atoms with Crippen molar-refractivity contribution in [2.45, 2.75) is 33.2 Å². The quantitative estimate of drug-likeness (QED) is 0.770. The lowest BCUT2D eigenvalue weighted by molar-refractivity contribution is -0.117. The Labute approximate surface area is 164 Å². The van der Waals surface area contributed by atoms with Crippen LogP contribution in [0.25, 0.3) is 0 Å². The summed E-state index contributed by atoms with van der Waals surface area (Å²) in [6, 6.07) is 8.04. The third kappa shape index (κ3) is 4.99. The number of sulfonamides is 1. The molecule has 0 aliphatic heterocycles. The van der Waals surface area contributed by atoms with Gasteiger partial charge in [0.05, 0.1) is 17.0 Å². The number of nitrogens with one attached hydrogen (secondary N) is 1. The molecular weight excluding hydrogens is 391 g/mol. The van der Waals surface area contributed by atoms with Gasteiger partial charge in [0.1, 0.15) is 11.9 Å². The second-order valence-electron chi connectivity index (χ2n) is 6.37. The molecule has 0 heterocycles. The number of amides is 1. The zero-order chi connectivity index (χ0) is 20.4. The molecule has 0 bridgehead atoms. The second kappa shape index (κ2) is 8.27. The molecule has 1 unspecified atom stereocenters. The zero-order valence-electron chi connectivity index (χ0n) is 15.6. The van der Waals surface area contributed by atoms with Gasteiger partial charge in [-0.15, -0.1) is 0 Å². The van der Waals surface area contributed by atoms with E-state index in [0.717, 1.165) is 27.8 Å². The first-order valence-corrected chi connectivity index (χ1v) is 10.6. The first-order valence-electron chi connectivity index (χ1n) is 8.37. The Bertz CT molecular complexity index is 963. The third-order valence-electron chi connectivity index (χ3n) is 4.26. The molecule has 0 saturated heterocycles. The van der Waals surface area contributed by atoms with Crippen LogP contribution < -0.4 is 9.62 Å². The van der Waals surface area contributed by atoms with Crippen LogP contribution in [0.2, 0.25) is 5.02 Å². The fourth-order valence-corrected chi connectivity index (χ4v) is 4.11. The van der Waals surface area contributed by atoms with Crippen LogP contribution in [0.5, 0.6) is 0 Å². The molecule has 8 heteroatoms. The lowest BCUT2D eigenvalue weighted by Crippen LogP contribution is -2.47. The van der Waals surface area contributed by atoms with E-state index < -0.39 is 27.8 Å². The molecule has 0 aliphatic carbocycles. The molecule has 0 aliphatic rings. The predicted molar refractivity (Wildman–Crippen MR) is 107 cm³/mol. The summed E-state index contributed by atoms with van der Waals surface area (Å²) in [6.07, 6.45) is 1.31. The number of anilines is 2. The zero-order valence-corrected chi connectivity index (χ0v) is 17.2. The van der Waals surface area contributed by atoms with Gasteiger partial charge < -0.3 is 5.32 Å². The van der Waals surface area contributed by atoms with Gasteiger partial charge >= 0.3 is 0 Å².